The van der Waals surface area contributed by atoms with E-state index in [1.54, 1.807) is 12.1 Å². The highest BCUT2D eigenvalue weighted by atomic mass is 79.9. The molecule has 1 aliphatic rings. The monoisotopic (exact) mass is 326 g/mol. The van der Waals surface area contributed by atoms with Gasteiger partial charge in [0.15, 0.2) is 0 Å². The normalized spacial score (nSPS) is 13.9. The molecule has 2 rings (SSSR count). The lowest BCUT2D eigenvalue weighted by Gasteiger charge is -2.21. The smallest absolute Gasteiger partial charge is 0.323 e. The molecule has 1 saturated carbocycles. The average Bonchev–Trinajstić information content (AvgIpc) is 3.14. The van der Waals surface area contributed by atoms with Crippen molar-refractivity contribution in [2.45, 2.75) is 12.8 Å². The molecule has 19 heavy (non-hydrogen) atoms. The van der Waals surface area contributed by atoms with Crippen LogP contribution in [-0.2, 0) is 4.79 Å². The summed E-state index contributed by atoms with van der Waals surface area (Å²) in [4.78, 5) is 24.2. The Hall–Kier alpha value is -1.56. The number of amides is 2. The first-order valence-electron chi connectivity index (χ1n) is 6.08. The SMILES string of the molecule is O=C(O)CN(CC1CC1)C(=O)Nc1ccc(Br)cc1. The molecule has 1 fully saturated rings. The minimum atomic E-state index is -0.994. The van der Waals surface area contributed by atoms with Gasteiger partial charge >= 0.3 is 12.0 Å². The van der Waals surface area contributed by atoms with Crippen molar-refractivity contribution >= 4 is 33.6 Å². The lowest BCUT2D eigenvalue weighted by molar-refractivity contribution is -0.137. The molecule has 5 nitrogen and oxygen atoms in total. The maximum atomic E-state index is 12.0. The molecule has 102 valence electrons. The van der Waals surface area contributed by atoms with Gasteiger partial charge in [0.1, 0.15) is 6.54 Å². The van der Waals surface area contributed by atoms with Crippen molar-refractivity contribution in [1.29, 1.82) is 0 Å². The van der Waals surface area contributed by atoms with Crippen molar-refractivity contribution in [3.05, 3.63) is 28.7 Å². The van der Waals surface area contributed by atoms with Crippen molar-refractivity contribution in [2.75, 3.05) is 18.4 Å². The Balaban J connectivity index is 1.97. The third-order valence-electron chi connectivity index (χ3n) is 2.88. The van der Waals surface area contributed by atoms with Crippen molar-refractivity contribution in [3.63, 3.8) is 0 Å². The number of anilines is 1. The van der Waals surface area contributed by atoms with E-state index in [-0.39, 0.29) is 12.6 Å². The average molecular weight is 327 g/mol. The van der Waals surface area contributed by atoms with Gasteiger partial charge in [-0.05, 0) is 43.0 Å². The number of carbonyl (C=O) groups is 2. The summed E-state index contributed by atoms with van der Waals surface area (Å²) in [6.45, 7) is 0.244. The number of carbonyl (C=O) groups excluding carboxylic acids is 1. The van der Waals surface area contributed by atoms with Crippen molar-refractivity contribution < 1.29 is 14.7 Å². The molecular formula is C13H15BrN2O3. The van der Waals surface area contributed by atoms with Gasteiger partial charge in [-0.1, -0.05) is 15.9 Å². The molecule has 0 atom stereocenters. The number of urea groups is 1. The molecule has 0 spiro atoms. The predicted molar refractivity (Wildman–Crippen MR) is 75.1 cm³/mol. The highest BCUT2D eigenvalue weighted by molar-refractivity contribution is 9.10. The molecule has 0 aliphatic heterocycles. The first kappa shape index (κ1) is 13.9. The minimum absolute atomic E-state index is 0.265. The van der Waals surface area contributed by atoms with Crippen LogP contribution in [0, 0.1) is 5.92 Å². The molecule has 1 aromatic rings. The Bertz CT molecular complexity index is 471. The third-order valence-corrected chi connectivity index (χ3v) is 3.41. The minimum Gasteiger partial charge on any atom is -0.480 e. The molecule has 0 saturated heterocycles. The molecule has 0 unspecified atom stereocenters. The molecule has 6 heteroatoms. The highest BCUT2D eigenvalue weighted by Gasteiger charge is 2.27. The van der Waals surface area contributed by atoms with Crippen molar-refractivity contribution in [1.82, 2.24) is 4.90 Å². The second-order valence-corrected chi connectivity index (χ2v) is 5.57. The first-order chi connectivity index (χ1) is 9.04. The van der Waals surface area contributed by atoms with E-state index in [1.807, 2.05) is 12.1 Å². The molecule has 1 aliphatic carbocycles. The molecule has 2 amide bonds. The number of aliphatic carboxylic acids is 1. The Kier molecular flexibility index (Phi) is 4.42. The zero-order valence-electron chi connectivity index (χ0n) is 10.3. The molecule has 2 N–H and O–H groups in total. The summed E-state index contributed by atoms with van der Waals surface area (Å²) in [5.41, 5.74) is 0.652. The Labute approximate surface area is 119 Å². The van der Waals surface area contributed by atoms with Crippen LogP contribution in [0.2, 0.25) is 0 Å². The van der Waals surface area contributed by atoms with Crippen LogP contribution in [0.25, 0.3) is 0 Å². The number of nitrogens with one attached hydrogen (secondary N) is 1. The van der Waals surface area contributed by atoms with E-state index in [9.17, 15) is 9.59 Å². The summed E-state index contributed by atoms with van der Waals surface area (Å²) in [5, 5.41) is 11.6. The van der Waals surface area contributed by atoms with Gasteiger partial charge in [0, 0.05) is 16.7 Å². The Morgan fingerprint density at radius 2 is 1.95 bits per heavy atom. The highest BCUT2D eigenvalue weighted by Crippen LogP contribution is 2.29. The number of hydrogen-bond donors (Lipinski definition) is 2. The van der Waals surface area contributed by atoms with Crippen LogP contribution in [0.3, 0.4) is 0 Å². The molecule has 0 heterocycles. The molecule has 0 radical (unpaired) electrons. The Morgan fingerprint density at radius 3 is 2.47 bits per heavy atom. The summed E-state index contributed by atoms with van der Waals surface area (Å²) in [6.07, 6.45) is 2.14. The summed E-state index contributed by atoms with van der Waals surface area (Å²) in [6, 6.07) is 6.79. The Morgan fingerprint density at radius 1 is 1.32 bits per heavy atom. The van der Waals surface area contributed by atoms with E-state index in [0.29, 0.717) is 18.2 Å². The lowest BCUT2D eigenvalue weighted by atomic mass is 10.3. The lowest BCUT2D eigenvalue weighted by Crippen LogP contribution is -2.40. The fourth-order valence-corrected chi connectivity index (χ4v) is 1.99. The van der Waals surface area contributed by atoms with E-state index in [4.69, 9.17) is 5.11 Å². The van der Waals surface area contributed by atoms with Crippen LogP contribution in [0.4, 0.5) is 10.5 Å². The summed E-state index contributed by atoms with van der Waals surface area (Å²) >= 11 is 3.31. The van der Waals surface area contributed by atoms with Gasteiger partial charge in [-0.3, -0.25) is 4.79 Å². The summed E-state index contributed by atoms with van der Waals surface area (Å²) in [5.74, 6) is -0.540. The van der Waals surface area contributed by atoms with E-state index in [2.05, 4.69) is 21.2 Å². The van der Waals surface area contributed by atoms with Gasteiger partial charge < -0.3 is 15.3 Å². The first-order valence-corrected chi connectivity index (χ1v) is 6.87. The number of rotatable bonds is 5. The van der Waals surface area contributed by atoms with Crippen LogP contribution in [0.15, 0.2) is 28.7 Å². The van der Waals surface area contributed by atoms with Crippen molar-refractivity contribution in [2.24, 2.45) is 5.92 Å². The standard InChI is InChI=1S/C13H15BrN2O3/c14-10-3-5-11(6-4-10)15-13(19)16(8-12(17)18)7-9-1-2-9/h3-6,9H,1-2,7-8H2,(H,15,19)(H,17,18). The predicted octanol–water partition coefficient (Wildman–Crippen LogP) is 2.78. The molecule has 0 aromatic heterocycles. The number of halogens is 1. The van der Waals surface area contributed by atoms with Gasteiger partial charge in [0.25, 0.3) is 0 Å². The molecule has 0 bridgehead atoms. The van der Waals surface area contributed by atoms with Crippen molar-refractivity contribution in [3.8, 4) is 0 Å². The van der Waals surface area contributed by atoms with E-state index in [1.165, 1.54) is 4.90 Å². The number of carboxylic acids is 1. The van der Waals surface area contributed by atoms with Crippen LogP contribution in [0.5, 0.6) is 0 Å². The maximum Gasteiger partial charge on any atom is 0.323 e. The van der Waals surface area contributed by atoms with Gasteiger partial charge in [-0.25, -0.2) is 4.79 Å². The number of benzene rings is 1. The quantitative estimate of drug-likeness (QED) is 0.874. The van der Waals surface area contributed by atoms with Gasteiger partial charge in [0.2, 0.25) is 0 Å². The summed E-state index contributed by atoms with van der Waals surface area (Å²) < 4.78 is 0.922. The number of nitrogens with zero attached hydrogens (tertiary/aromatic N) is 1. The number of carboxylic acid groups (broad SMARTS) is 1. The maximum absolute atomic E-state index is 12.0. The molecule has 1 aromatic carbocycles. The largest absolute Gasteiger partial charge is 0.480 e. The van der Waals surface area contributed by atoms with Crippen LogP contribution < -0.4 is 5.32 Å². The zero-order valence-corrected chi connectivity index (χ0v) is 11.9. The fourth-order valence-electron chi connectivity index (χ4n) is 1.73. The summed E-state index contributed by atoms with van der Waals surface area (Å²) in [7, 11) is 0. The number of hydrogen-bond acceptors (Lipinski definition) is 2. The van der Waals surface area contributed by atoms with Gasteiger partial charge in [-0.15, -0.1) is 0 Å². The van der Waals surface area contributed by atoms with Gasteiger partial charge in [0.05, 0.1) is 0 Å². The van der Waals surface area contributed by atoms with Gasteiger partial charge in [-0.2, -0.15) is 0 Å². The zero-order chi connectivity index (χ0) is 13.8. The van der Waals surface area contributed by atoms with E-state index >= 15 is 0 Å². The van der Waals surface area contributed by atoms with E-state index in [0.717, 1.165) is 17.3 Å². The fraction of sp³-hybridized carbons (Fsp3) is 0.385. The second kappa shape index (κ2) is 6.06. The second-order valence-electron chi connectivity index (χ2n) is 4.65. The van der Waals surface area contributed by atoms with E-state index < -0.39 is 5.97 Å². The van der Waals surface area contributed by atoms with Crippen LogP contribution >= 0.6 is 15.9 Å². The molecular weight excluding hydrogens is 312 g/mol. The van der Waals surface area contributed by atoms with Crippen LogP contribution in [-0.4, -0.2) is 35.1 Å². The van der Waals surface area contributed by atoms with Crippen LogP contribution in [0.1, 0.15) is 12.8 Å². The third kappa shape index (κ3) is 4.55. The topological polar surface area (TPSA) is 69.6 Å².